The van der Waals surface area contributed by atoms with Gasteiger partial charge >= 0.3 is 18.0 Å². The van der Waals surface area contributed by atoms with Crippen molar-refractivity contribution < 1.29 is 38.1 Å². The van der Waals surface area contributed by atoms with E-state index in [-0.39, 0.29) is 17.8 Å². The third kappa shape index (κ3) is 9.76. The summed E-state index contributed by atoms with van der Waals surface area (Å²) in [5, 5.41) is 2.69. The van der Waals surface area contributed by atoms with Gasteiger partial charge in [0.1, 0.15) is 12.1 Å². The number of carbonyl (C=O) groups is 3. The summed E-state index contributed by atoms with van der Waals surface area (Å²) in [7, 11) is 2.70. The second-order valence-corrected chi connectivity index (χ2v) is 9.20. The molecule has 3 rings (SSSR count). The van der Waals surface area contributed by atoms with Crippen LogP contribution in [-0.4, -0.2) is 77.4 Å². The van der Waals surface area contributed by atoms with Gasteiger partial charge in [-0.25, -0.2) is 9.59 Å². The van der Waals surface area contributed by atoms with Gasteiger partial charge in [-0.3, -0.25) is 4.79 Å². The molecule has 0 aromatic heterocycles. The second kappa shape index (κ2) is 15.9. The van der Waals surface area contributed by atoms with Crippen LogP contribution in [0.25, 0.3) is 0 Å². The van der Waals surface area contributed by atoms with Gasteiger partial charge in [0.05, 0.1) is 20.8 Å². The van der Waals surface area contributed by atoms with Crippen LogP contribution in [0.1, 0.15) is 57.8 Å². The van der Waals surface area contributed by atoms with Crippen LogP contribution < -0.4 is 11.1 Å². The third-order valence-electron chi connectivity index (χ3n) is 6.89. The van der Waals surface area contributed by atoms with E-state index in [0.29, 0.717) is 39.0 Å². The SMILES string of the molecule is COC(=O)[C@@H](N)C1CCOCC1.COC(=O)[C@@H](NC(=O)OCC1CCCCC1)C1CCOCC1. The Labute approximate surface area is 202 Å². The van der Waals surface area contributed by atoms with E-state index < -0.39 is 24.1 Å². The van der Waals surface area contributed by atoms with Gasteiger partial charge in [-0.2, -0.15) is 0 Å². The summed E-state index contributed by atoms with van der Waals surface area (Å²) < 4.78 is 25.1. The average molecular weight is 487 g/mol. The molecule has 196 valence electrons. The van der Waals surface area contributed by atoms with Crippen LogP contribution in [0.15, 0.2) is 0 Å². The van der Waals surface area contributed by atoms with E-state index in [0.717, 1.165) is 38.5 Å². The first kappa shape index (κ1) is 28.3. The molecule has 1 saturated carbocycles. The minimum Gasteiger partial charge on any atom is -0.468 e. The number of nitrogens with one attached hydrogen (secondary N) is 1. The zero-order valence-corrected chi connectivity index (χ0v) is 20.6. The maximum Gasteiger partial charge on any atom is 0.407 e. The van der Waals surface area contributed by atoms with Gasteiger partial charge in [0.15, 0.2) is 0 Å². The van der Waals surface area contributed by atoms with Crippen molar-refractivity contribution >= 4 is 18.0 Å². The average Bonchev–Trinajstić information content (AvgIpc) is 2.91. The monoisotopic (exact) mass is 486 g/mol. The molecule has 2 aliphatic heterocycles. The molecule has 0 spiro atoms. The molecule has 10 nitrogen and oxygen atoms in total. The Morgan fingerprint density at radius 2 is 1.35 bits per heavy atom. The summed E-state index contributed by atoms with van der Waals surface area (Å²) in [5.74, 6) is -0.00259. The zero-order chi connectivity index (χ0) is 24.8. The molecular formula is C24H42N2O8. The molecule has 2 heterocycles. The third-order valence-corrected chi connectivity index (χ3v) is 6.89. The van der Waals surface area contributed by atoms with Crippen LogP contribution in [0.4, 0.5) is 4.79 Å². The molecule has 0 aromatic rings. The maximum absolute atomic E-state index is 12.0. The van der Waals surface area contributed by atoms with Crippen molar-refractivity contribution in [3.8, 4) is 0 Å². The first-order chi connectivity index (χ1) is 16.5. The fraction of sp³-hybridized carbons (Fsp3) is 0.875. The number of methoxy groups -OCH3 is 2. The second-order valence-electron chi connectivity index (χ2n) is 9.20. The lowest BCUT2D eigenvalue weighted by Crippen LogP contribution is -2.48. The highest BCUT2D eigenvalue weighted by Crippen LogP contribution is 2.24. The Hall–Kier alpha value is -1.91. The van der Waals surface area contributed by atoms with Gasteiger partial charge in [-0.05, 0) is 56.3 Å². The largest absolute Gasteiger partial charge is 0.468 e. The molecule has 0 radical (unpaired) electrons. The number of alkyl carbamates (subject to hydrolysis) is 1. The van der Waals surface area contributed by atoms with Crippen LogP contribution in [0.5, 0.6) is 0 Å². The van der Waals surface area contributed by atoms with Gasteiger partial charge in [0, 0.05) is 26.4 Å². The summed E-state index contributed by atoms with van der Waals surface area (Å²) in [4.78, 5) is 34.9. The Kier molecular flexibility index (Phi) is 13.2. The molecule has 34 heavy (non-hydrogen) atoms. The zero-order valence-electron chi connectivity index (χ0n) is 20.6. The Balaban J connectivity index is 0.000000287. The van der Waals surface area contributed by atoms with E-state index in [1.165, 1.54) is 33.5 Å². The van der Waals surface area contributed by atoms with E-state index in [9.17, 15) is 14.4 Å². The number of hydrogen-bond acceptors (Lipinski definition) is 9. The maximum atomic E-state index is 12.0. The number of esters is 2. The number of amides is 1. The lowest BCUT2D eigenvalue weighted by atomic mass is 9.90. The first-order valence-electron chi connectivity index (χ1n) is 12.5. The summed E-state index contributed by atoms with van der Waals surface area (Å²) in [6.07, 6.45) is 8.61. The molecule has 0 aromatic carbocycles. The Bertz CT molecular complexity index is 614. The molecule has 1 aliphatic carbocycles. The number of ether oxygens (including phenoxy) is 5. The van der Waals surface area contributed by atoms with E-state index in [1.807, 2.05) is 0 Å². The molecule has 2 atom stereocenters. The molecule has 1 amide bonds. The summed E-state index contributed by atoms with van der Waals surface area (Å²) in [5.41, 5.74) is 5.67. The lowest BCUT2D eigenvalue weighted by molar-refractivity contribution is -0.146. The summed E-state index contributed by atoms with van der Waals surface area (Å²) >= 11 is 0. The topological polar surface area (TPSA) is 135 Å². The van der Waals surface area contributed by atoms with Gasteiger partial charge in [-0.1, -0.05) is 19.3 Å². The van der Waals surface area contributed by atoms with Gasteiger partial charge in [-0.15, -0.1) is 0 Å². The highest BCUT2D eigenvalue weighted by atomic mass is 16.6. The summed E-state index contributed by atoms with van der Waals surface area (Å²) in [6.45, 7) is 3.06. The van der Waals surface area contributed by atoms with Crippen molar-refractivity contribution in [2.45, 2.75) is 69.9 Å². The highest BCUT2D eigenvalue weighted by Gasteiger charge is 2.32. The predicted octanol–water partition coefficient (Wildman–Crippen LogP) is 2.17. The molecule has 3 N–H and O–H groups in total. The van der Waals surface area contributed by atoms with Crippen LogP contribution in [0.3, 0.4) is 0 Å². The quantitative estimate of drug-likeness (QED) is 0.410. The van der Waals surface area contributed by atoms with Crippen LogP contribution in [0.2, 0.25) is 0 Å². The molecule has 0 bridgehead atoms. The van der Waals surface area contributed by atoms with Gasteiger partial charge in [0.2, 0.25) is 0 Å². The fourth-order valence-corrected chi connectivity index (χ4v) is 4.66. The molecule has 0 unspecified atom stereocenters. The van der Waals surface area contributed by atoms with E-state index in [4.69, 9.17) is 24.7 Å². The van der Waals surface area contributed by atoms with Gasteiger partial charge < -0.3 is 34.7 Å². The van der Waals surface area contributed by atoms with E-state index >= 15 is 0 Å². The summed E-state index contributed by atoms with van der Waals surface area (Å²) in [6, 6.07) is -1.12. The number of nitrogens with two attached hydrogens (primary N) is 1. The van der Waals surface area contributed by atoms with Crippen LogP contribution in [0, 0.1) is 17.8 Å². The number of carbonyl (C=O) groups excluding carboxylic acids is 3. The van der Waals surface area contributed by atoms with Gasteiger partial charge in [0.25, 0.3) is 0 Å². The number of hydrogen-bond donors (Lipinski definition) is 2. The molecule has 3 aliphatic rings. The van der Waals surface area contributed by atoms with Crippen LogP contribution >= 0.6 is 0 Å². The minimum absolute atomic E-state index is 0.0448. The molecule has 10 heteroatoms. The standard InChI is InChI=1S/C16H27NO5.C8H15NO3/c1-20-15(18)14(13-7-9-21-10-8-13)17-16(19)22-11-12-5-3-2-4-6-12;1-11-8(10)7(9)6-2-4-12-5-3-6/h12-14H,2-11H2,1H3,(H,17,19);6-7H,2-5,9H2,1H3/t14-;7-/m00/s1. The Morgan fingerprint density at radius 1 is 0.824 bits per heavy atom. The smallest absolute Gasteiger partial charge is 0.407 e. The van der Waals surface area contributed by atoms with Crippen LogP contribution in [-0.2, 0) is 33.3 Å². The van der Waals surface area contributed by atoms with Crippen molar-refractivity contribution in [2.24, 2.45) is 23.5 Å². The van der Waals surface area contributed by atoms with E-state index in [2.05, 4.69) is 10.1 Å². The Morgan fingerprint density at radius 3 is 1.88 bits per heavy atom. The van der Waals surface area contributed by atoms with Crippen molar-refractivity contribution in [3.05, 3.63) is 0 Å². The molecule has 3 fully saturated rings. The normalized spacial score (nSPS) is 21.9. The predicted molar refractivity (Wildman–Crippen MR) is 124 cm³/mol. The van der Waals surface area contributed by atoms with Crippen molar-refractivity contribution in [1.29, 1.82) is 0 Å². The molecular weight excluding hydrogens is 444 g/mol. The van der Waals surface area contributed by atoms with Crippen molar-refractivity contribution in [2.75, 3.05) is 47.3 Å². The van der Waals surface area contributed by atoms with Crippen molar-refractivity contribution in [1.82, 2.24) is 5.32 Å². The minimum atomic E-state index is -0.646. The molecule has 2 saturated heterocycles. The number of rotatable bonds is 7. The lowest BCUT2D eigenvalue weighted by Gasteiger charge is -2.29. The highest BCUT2D eigenvalue weighted by molar-refractivity contribution is 5.81. The van der Waals surface area contributed by atoms with Crippen molar-refractivity contribution in [3.63, 3.8) is 0 Å². The fourth-order valence-electron chi connectivity index (χ4n) is 4.66. The van der Waals surface area contributed by atoms with E-state index in [1.54, 1.807) is 0 Å². The first-order valence-corrected chi connectivity index (χ1v) is 12.5.